The van der Waals surface area contributed by atoms with Crippen LogP contribution in [0.3, 0.4) is 0 Å². The normalized spacial score (nSPS) is 24.1. The quantitative estimate of drug-likeness (QED) is 0.595. The Bertz CT molecular complexity index is 860. The van der Waals surface area contributed by atoms with Crippen LogP contribution in [0.5, 0.6) is 0 Å². The van der Waals surface area contributed by atoms with Crippen molar-refractivity contribution >= 4 is 11.8 Å². The molecule has 1 aromatic rings. The third-order valence-corrected chi connectivity index (χ3v) is 6.80. The van der Waals surface area contributed by atoms with Crippen LogP contribution in [0.4, 0.5) is 36.8 Å². The lowest BCUT2D eigenvalue weighted by Gasteiger charge is -2.31. The molecule has 0 bridgehead atoms. The third kappa shape index (κ3) is 5.37. The summed E-state index contributed by atoms with van der Waals surface area (Å²) in [5.74, 6) is -0.0454. The van der Waals surface area contributed by atoms with Crippen LogP contribution in [-0.4, -0.2) is 86.8 Å². The van der Waals surface area contributed by atoms with Gasteiger partial charge in [0.1, 0.15) is 0 Å². The maximum Gasteiger partial charge on any atom is 0.434 e. The second-order valence-corrected chi connectivity index (χ2v) is 9.13. The number of nitrogens with zero attached hydrogens (tertiary/aromatic N) is 3. The van der Waals surface area contributed by atoms with Crippen LogP contribution in [-0.2, 0) is 16.0 Å². The zero-order chi connectivity index (χ0) is 24.7. The summed E-state index contributed by atoms with van der Waals surface area (Å²) in [5.41, 5.74) is 3.51. The largest absolute Gasteiger partial charge is 0.434 e. The van der Waals surface area contributed by atoms with E-state index in [1.54, 1.807) is 0 Å². The molecule has 3 heterocycles. The fourth-order valence-electron chi connectivity index (χ4n) is 5.09. The van der Waals surface area contributed by atoms with E-state index in [1.807, 2.05) is 6.07 Å². The number of carbonyl (C=O) groups is 1. The van der Waals surface area contributed by atoms with E-state index in [4.69, 9.17) is 4.74 Å². The van der Waals surface area contributed by atoms with Crippen molar-refractivity contribution in [1.82, 2.24) is 9.80 Å². The molecule has 4 rings (SSSR count). The molecule has 1 amide bonds. The highest BCUT2D eigenvalue weighted by Gasteiger charge is 2.60. The predicted molar refractivity (Wildman–Crippen MR) is 110 cm³/mol. The van der Waals surface area contributed by atoms with E-state index in [9.17, 15) is 31.1 Å². The van der Waals surface area contributed by atoms with Crippen molar-refractivity contribution in [3.05, 3.63) is 29.3 Å². The predicted octanol–water partition coefficient (Wildman–Crippen LogP) is 3.83. The lowest BCUT2D eigenvalue weighted by Crippen LogP contribution is -2.48. The zero-order valence-corrected chi connectivity index (χ0v) is 18.7. The zero-order valence-electron chi connectivity index (χ0n) is 18.7. The van der Waals surface area contributed by atoms with E-state index in [0.717, 1.165) is 23.7 Å². The van der Waals surface area contributed by atoms with Crippen LogP contribution < -0.4 is 4.90 Å². The SMILES string of the molecule is Cc1c(CN2CC3CN(C(=O)OC(C(F)(F)F)C(F)(F)F)CC3C2)cccc1N1CCOCC1. The van der Waals surface area contributed by atoms with Crippen LogP contribution in [0.2, 0.25) is 0 Å². The van der Waals surface area contributed by atoms with E-state index < -0.39 is 24.5 Å². The minimum atomic E-state index is -5.71. The number of halogens is 6. The molecule has 0 saturated carbocycles. The number of ether oxygens (including phenoxy) is 2. The van der Waals surface area contributed by atoms with Crippen molar-refractivity contribution < 1.29 is 40.6 Å². The van der Waals surface area contributed by atoms with Gasteiger partial charge in [-0.15, -0.1) is 0 Å². The van der Waals surface area contributed by atoms with Gasteiger partial charge in [0.05, 0.1) is 13.2 Å². The van der Waals surface area contributed by atoms with Crippen molar-refractivity contribution in [3.63, 3.8) is 0 Å². The molecule has 0 radical (unpaired) electrons. The number of carbonyl (C=O) groups excluding carboxylic acids is 1. The molecule has 3 aliphatic rings. The summed E-state index contributed by atoms with van der Waals surface area (Å²) in [7, 11) is 0. The van der Waals surface area contributed by atoms with E-state index in [1.165, 1.54) is 11.1 Å². The van der Waals surface area contributed by atoms with Crippen LogP contribution in [0.25, 0.3) is 0 Å². The Balaban J connectivity index is 1.33. The number of likely N-dealkylation sites (tertiary alicyclic amines) is 2. The fraction of sp³-hybridized carbons (Fsp3) is 0.682. The van der Waals surface area contributed by atoms with Gasteiger partial charge in [0.15, 0.2) is 0 Å². The van der Waals surface area contributed by atoms with Gasteiger partial charge in [-0.2, -0.15) is 26.3 Å². The lowest BCUT2D eigenvalue weighted by atomic mass is 10.0. The summed E-state index contributed by atoms with van der Waals surface area (Å²) in [6.07, 6.45) is -17.1. The molecule has 3 aliphatic heterocycles. The third-order valence-electron chi connectivity index (χ3n) is 6.80. The van der Waals surface area contributed by atoms with E-state index in [0.29, 0.717) is 32.8 Å². The first-order valence-electron chi connectivity index (χ1n) is 11.2. The van der Waals surface area contributed by atoms with Crippen molar-refractivity contribution in [2.45, 2.75) is 31.9 Å². The second-order valence-electron chi connectivity index (χ2n) is 9.13. The minimum absolute atomic E-state index is 0.0227. The summed E-state index contributed by atoms with van der Waals surface area (Å²) >= 11 is 0. The highest BCUT2D eigenvalue weighted by molar-refractivity contribution is 5.68. The first-order valence-corrected chi connectivity index (χ1v) is 11.2. The number of anilines is 1. The average molecular weight is 495 g/mol. The Morgan fingerprint density at radius 3 is 2.18 bits per heavy atom. The molecule has 2 unspecified atom stereocenters. The van der Waals surface area contributed by atoms with Crippen molar-refractivity contribution in [3.8, 4) is 0 Å². The highest BCUT2D eigenvalue weighted by Crippen LogP contribution is 2.38. The Morgan fingerprint density at radius 2 is 1.62 bits per heavy atom. The van der Waals surface area contributed by atoms with Crippen LogP contribution in [0.1, 0.15) is 11.1 Å². The summed E-state index contributed by atoms with van der Waals surface area (Å²) in [6, 6.07) is 6.16. The smallest absolute Gasteiger partial charge is 0.426 e. The number of rotatable bonds is 4. The van der Waals surface area contributed by atoms with Gasteiger partial charge in [0, 0.05) is 51.5 Å². The minimum Gasteiger partial charge on any atom is -0.426 e. The highest BCUT2D eigenvalue weighted by atomic mass is 19.4. The molecule has 3 saturated heterocycles. The van der Waals surface area contributed by atoms with Gasteiger partial charge in [0.2, 0.25) is 0 Å². The lowest BCUT2D eigenvalue weighted by molar-refractivity contribution is -0.308. The number of benzene rings is 1. The standard InChI is InChI=1S/C22H27F6N3O3/c1-14-15(3-2-4-18(14)30-5-7-33-8-6-30)9-29-10-16-12-31(13-17(16)11-29)20(32)34-19(21(23,24)25)22(26,27)28/h2-4,16-17,19H,5-13H2,1H3. The molecule has 2 atom stereocenters. The topological polar surface area (TPSA) is 45.2 Å². The van der Waals surface area contributed by atoms with Gasteiger partial charge in [-0.05, 0) is 36.0 Å². The monoisotopic (exact) mass is 495 g/mol. The van der Waals surface area contributed by atoms with Gasteiger partial charge >= 0.3 is 18.4 Å². The summed E-state index contributed by atoms with van der Waals surface area (Å²) in [4.78, 5) is 17.5. The molecule has 1 aromatic carbocycles. The number of amides is 1. The number of hydrogen-bond donors (Lipinski definition) is 0. The average Bonchev–Trinajstić information content (AvgIpc) is 3.31. The summed E-state index contributed by atoms with van der Waals surface area (Å²) < 4.78 is 85.5. The Morgan fingerprint density at radius 1 is 1.03 bits per heavy atom. The molecule has 190 valence electrons. The molecule has 0 aromatic heterocycles. The van der Waals surface area contributed by atoms with Gasteiger partial charge in [-0.25, -0.2) is 4.79 Å². The molecular formula is C22H27F6N3O3. The Labute approximate surface area is 193 Å². The summed E-state index contributed by atoms with van der Waals surface area (Å²) in [5, 5.41) is 0. The molecule has 0 N–H and O–H groups in total. The van der Waals surface area contributed by atoms with Crippen molar-refractivity contribution in [2.24, 2.45) is 11.8 Å². The molecule has 12 heteroatoms. The van der Waals surface area contributed by atoms with Gasteiger partial charge < -0.3 is 19.3 Å². The maximum atomic E-state index is 12.7. The van der Waals surface area contributed by atoms with Gasteiger partial charge in [-0.3, -0.25) is 4.90 Å². The summed E-state index contributed by atoms with van der Waals surface area (Å²) in [6.45, 7) is 7.16. The van der Waals surface area contributed by atoms with Crippen LogP contribution in [0.15, 0.2) is 18.2 Å². The number of fused-ring (bicyclic) bond motifs is 1. The van der Waals surface area contributed by atoms with E-state index in [2.05, 4.69) is 33.6 Å². The van der Waals surface area contributed by atoms with Crippen LogP contribution in [0, 0.1) is 18.8 Å². The van der Waals surface area contributed by atoms with Crippen molar-refractivity contribution in [1.29, 1.82) is 0 Å². The Hall–Kier alpha value is -2.21. The van der Waals surface area contributed by atoms with Gasteiger partial charge in [0.25, 0.3) is 6.10 Å². The van der Waals surface area contributed by atoms with Crippen molar-refractivity contribution in [2.75, 3.05) is 57.4 Å². The molecule has 3 fully saturated rings. The van der Waals surface area contributed by atoms with E-state index in [-0.39, 0.29) is 24.9 Å². The fourth-order valence-corrected chi connectivity index (χ4v) is 5.09. The van der Waals surface area contributed by atoms with Crippen LogP contribution >= 0.6 is 0 Å². The number of alkyl halides is 6. The number of morpholine rings is 1. The number of hydrogen-bond acceptors (Lipinski definition) is 5. The molecule has 6 nitrogen and oxygen atoms in total. The first kappa shape index (κ1) is 24.9. The maximum absolute atomic E-state index is 12.7. The van der Waals surface area contributed by atoms with Gasteiger partial charge in [-0.1, -0.05) is 12.1 Å². The second kappa shape index (κ2) is 9.44. The molecule has 0 spiro atoms. The molecular weight excluding hydrogens is 468 g/mol. The molecule has 34 heavy (non-hydrogen) atoms. The molecule has 0 aliphatic carbocycles. The Kier molecular flexibility index (Phi) is 6.92. The first-order chi connectivity index (χ1) is 15.9. The van der Waals surface area contributed by atoms with E-state index >= 15 is 0 Å².